The molecule has 0 saturated carbocycles. The summed E-state index contributed by atoms with van der Waals surface area (Å²) in [5, 5.41) is 3.23. The molecule has 142 valence electrons. The van der Waals surface area contributed by atoms with E-state index >= 15 is 0 Å². The second-order valence-electron chi connectivity index (χ2n) is 7.13. The van der Waals surface area contributed by atoms with E-state index in [2.05, 4.69) is 27.9 Å². The van der Waals surface area contributed by atoms with Gasteiger partial charge in [-0.05, 0) is 47.0 Å². The highest BCUT2D eigenvalue weighted by Crippen LogP contribution is 2.32. The maximum absolute atomic E-state index is 14.8. The SMILES string of the molecule is C=C1Cc2cc(-c3ccc(Cn4cnc5cccnc5c4=O)c(F)c3)ccc2N1. The zero-order chi connectivity index (χ0) is 20.0. The Balaban J connectivity index is 1.47. The van der Waals surface area contributed by atoms with Crippen molar-refractivity contribution >= 4 is 16.7 Å². The zero-order valence-corrected chi connectivity index (χ0v) is 15.5. The maximum atomic E-state index is 14.8. The topological polar surface area (TPSA) is 59.8 Å². The van der Waals surface area contributed by atoms with Gasteiger partial charge >= 0.3 is 0 Å². The third-order valence-corrected chi connectivity index (χ3v) is 5.13. The standard InChI is InChI=1S/C23H17FN4O/c1-14-9-18-10-15(6-7-20(18)27-14)16-4-5-17(19(24)11-16)12-28-13-26-21-3-2-8-25-22(21)23(28)29/h2-8,10-11,13,27H,1,9,12H2. The summed E-state index contributed by atoms with van der Waals surface area (Å²) < 4.78 is 16.2. The van der Waals surface area contributed by atoms with Crippen molar-refractivity contribution in [2.24, 2.45) is 0 Å². The predicted molar refractivity (Wildman–Crippen MR) is 111 cm³/mol. The van der Waals surface area contributed by atoms with E-state index in [-0.39, 0.29) is 23.4 Å². The van der Waals surface area contributed by atoms with Crippen molar-refractivity contribution in [3.63, 3.8) is 0 Å². The summed E-state index contributed by atoms with van der Waals surface area (Å²) in [4.78, 5) is 20.9. The number of nitrogens with zero attached hydrogens (tertiary/aromatic N) is 3. The van der Waals surface area contributed by atoms with Gasteiger partial charge in [-0.15, -0.1) is 0 Å². The minimum absolute atomic E-state index is 0.0956. The number of pyridine rings is 1. The van der Waals surface area contributed by atoms with E-state index in [4.69, 9.17) is 0 Å². The maximum Gasteiger partial charge on any atom is 0.280 e. The van der Waals surface area contributed by atoms with Gasteiger partial charge in [-0.25, -0.2) is 14.4 Å². The van der Waals surface area contributed by atoms with E-state index in [1.165, 1.54) is 17.0 Å². The minimum Gasteiger partial charge on any atom is -0.359 e. The second kappa shape index (κ2) is 6.67. The average Bonchev–Trinajstić information content (AvgIpc) is 3.10. The van der Waals surface area contributed by atoms with Gasteiger partial charge in [0, 0.05) is 29.6 Å². The summed E-state index contributed by atoms with van der Waals surface area (Å²) in [6.45, 7) is 4.05. The van der Waals surface area contributed by atoms with Crippen LogP contribution in [0.5, 0.6) is 0 Å². The summed E-state index contributed by atoms with van der Waals surface area (Å²) >= 11 is 0. The van der Waals surface area contributed by atoms with Gasteiger partial charge in [-0.2, -0.15) is 0 Å². The number of anilines is 1. The van der Waals surface area contributed by atoms with Crippen LogP contribution in [0.3, 0.4) is 0 Å². The molecule has 5 nitrogen and oxygen atoms in total. The van der Waals surface area contributed by atoms with Crippen LogP contribution in [-0.4, -0.2) is 14.5 Å². The van der Waals surface area contributed by atoms with Gasteiger partial charge in [0.25, 0.3) is 5.56 Å². The summed E-state index contributed by atoms with van der Waals surface area (Å²) in [6, 6.07) is 14.5. The van der Waals surface area contributed by atoms with Gasteiger partial charge in [0.2, 0.25) is 0 Å². The highest BCUT2D eigenvalue weighted by molar-refractivity contribution is 5.73. The molecule has 0 spiro atoms. The molecule has 2 aromatic carbocycles. The van der Waals surface area contributed by atoms with Gasteiger partial charge in [0.05, 0.1) is 18.4 Å². The fourth-order valence-corrected chi connectivity index (χ4v) is 3.64. The number of halogens is 1. The number of allylic oxidation sites excluding steroid dienone is 1. The molecule has 0 radical (unpaired) electrons. The first-order valence-corrected chi connectivity index (χ1v) is 9.25. The first-order chi connectivity index (χ1) is 14.1. The van der Waals surface area contributed by atoms with Crippen molar-refractivity contribution in [2.45, 2.75) is 13.0 Å². The van der Waals surface area contributed by atoms with Gasteiger partial charge < -0.3 is 5.32 Å². The van der Waals surface area contributed by atoms with Crippen molar-refractivity contribution in [2.75, 3.05) is 5.32 Å². The van der Waals surface area contributed by atoms with Crippen LogP contribution in [0.15, 0.2) is 78.1 Å². The van der Waals surface area contributed by atoms with Gasteiger partial charge in [-0.1, -0.05) is 24.8 Å². The Hall–Kier alpha value is -3.80. The summed E-state index contributed by atoms with van der Waals surface area (Å²) in [7, 11) is 0. The molecule has 0 atom stereocenters. The third kappa shape index (κ3) is 3.08. The predicted octanol–water partition coefficient (Wildman–Crippen LogP) is 4.13. The molecule has 0 fully saturated rings. The van der Waals surface area contributed by atoms with Crippen LogP contribution >= 0.6 is 0 Å². The molecule has 1 aliphatic heterocycles. The van der Waals surface area contributed by atoms with Crippen LogP contribution in [0.2, 0.25) is 0 Å². The monoisotopic (exact) mass is 384 g/mol. The van der Waals surface area contributed by atoms with E-state index in [0.717, 1.165) is 34.5 Å². The smallest absolute Gasteiger partial charge is 0.280 e. The fraction of sp³-hybridized carbons (Fsp3) is 0.0870. The lowest BCUT2D eigenvalue weighted by molar-refractivity contribution is 0.595. The summed E-state index contributed by atoms with van der Waals surface area (Å²) in [5.74, 6) is -0.362. The number of nitrogens with one attached hydrogen (secondary N) is 1. The van der Waals surface area contributed by atoms with Crippen molar-refractivity contribution in [1.82, 2.24) is 14.5 Å². The van der Waals surface area contributed by atoms with Crippen molar-refractivity contribution in [3.05, 3.63) is 101 Å². The highest BCUT2D eigenvalue weighted by atomic mass is 19.1. The second-order valence-corrected chi connectivity index (χ2v) is 7.13. The molecule has 3 heterocycles. The van der Waals surface area contributed by atoms with Crippen LogP contribution in [0.1, 0.15) is 11.1 Å². The Morgan fingerprint density at radius 1 is 1.10 bits per heavy atom. The van der Waals surface area contributed by atoms with Crippen LogP contribution in [-0.2, 0) is 13.0 Å². The molecule has 1 aliphatic rings. The highest BCUT2D eigenvalue weighted by Gasteiger charge is 2.15. The molecule has 5 rings (SSSR count). The average molecular weight is 384 g/mol. The third-order valence-electron chi connectivity index (χ3n) is 5.13. The number of benzene rings is 2. The normalized spacial score (nSPS) is 12.8. The molecular formula is C23H17FN4O. The largest absolute Gasteiger partial charge is 0.359 e. The van der Waals surface area contributed by atoms with E-state index in [9.17, 15) is 9.18 Å². The molecule has 0 bridgehead atoms. The molecule has 29 heavy (non-hydrogen) atoms. The van der Waals surface area contributed by atoms with Crippen LogP contribution in [0, 0.1) is 5.82 Å². The number of rotatable bonds is 3. The van der Waals surface area contributed by atoms with E-state index < -0.39 is 0 Å². The summed E-state index contributed by atoms with van der Waals surface area (Å²) in [6.07, 6.45) is 3.75. The lowest BCUT2D eigenvalue weighted by Crippen LogP contribution is -2.22. The van der Waals surface area contributed by atoms with Crippen molar-refractivity contribution in [3.8, 4) is 11.1 Å². The Bertz CT molecular complexity index is 1340. The molecule has 0 amide bonds. The van der Waals surface area contributed by atoms with Gasteiger partial charge in [0.1, 0.15) is 5.82 Å². The summed E-state index contributed by atoms with van der Waals surface area (Å²) in [5.41, 5.74) is 5.83. The fourth-order valence-electron chi connectivity index (χ4n) is 3.64. The number of aromatic nitrogens is 3. The van der Waals surface area contributed by atoms with E-state index in [1.54, 1.807) is 24.4 Å². The van der Waals surface area contributed by atoms with Crippen molar-refractivity contribution < 1.29 is 4.39 Å². The Morgan fingerprint density at radius 2 is 1.93 bits per heavy atom. The Morgan fingerprint density at radius 3 is 2.79 bits per heavy atom. The first-order valence-electron chi connectivity index (χ1n) is 9.25. The molecule has 0 unspecified atom stereocenters. The van der Waals surface area contributed by atoms with E-state index in [0.29, 0.717) is 11.1 Å². The van der Waals surface area contributed by atoms with Crippen molar-refractivity contribution in [1.29, 1.82) is 0 Å². The minimum atomic E-state index is -0.362. The van der Waals surface area contributed by atoms with Gasteiger partial charge in [-0.3, -0.25) is 9.36 Å². The zero-order valence-electron chi connectivity index (χ0n) is 15.5. The molecule has 4 aromatic rings. The van der Waals surface area contributed by atoms with Crippen LogP contribution < -0.4 is 10.9 Å². The Labute approximate surface area is 166 Å². The molecular weight excluding hydrogens is 367 g/mol. The van der Waals surface area contributed by atoms with Gasteiger partial charge in [0.15, 0.2) is 5.52 Å². The molecule has 0 saturated heterocycles. The number of hydrogen-bond donors (Lipinski definition) is 1. The van der Waals surface area contributed by atoms with Crippen LogP contribution in [0.25, 0.3) is 22.2 Å². The lowest BCUT2D eigenvalue weighted by Gasteiger charge is -2.10. The molecule has 2 aromatic heterocycles. The first kappa shape index (κ1) is 17.3. The number of fused-ring (bicyclic) bond motifs is 2. The lowest BCUT2D eigenvalue weighted by atomic mass is 10.00. The molecule has 6 heteroatoms. The van der Waals surface area contributed by atoms with E-state index in [1.807, 2.05) is 18.2 Å². The quantitative estimate of drug-likeness (QED) is 0.577. The molecule has 0 aliphatic carbocycles. The number of hydrogen-bond acceptors (Lipinski definition) is 4. The molecule has 1 N–H and O–H groups in total. The van der Waals surface area contributed by atoms with Crippen LogP contribution in [0.4, 0.5) is 10.1 Å². The Kier molecular flexibility index (Phi) is 3.98.